The summed E-state index contributed by atoms with van der Waals surface area (Å²) in [6, 6.07) is 4.91. The first-order valence-electron chi connectivity index (χ1n) is 4.96. The molecule has 0 spiro atoms. The quantitative estimate of drug-likeness (QED) is 0.821. The van der Waals surface area contributed by atoms with Crippen LogP contribution >= 0.6 is 0 Å². The third kappa shape index (κ3) is 2.66. The Kier molecular flexibility index (Phi) is 3.42. The van der Waals surface area contributed by atoms with Gasteiger partial charge >= 0.3 is 5.97 Å². The Morgan fingerprint density at radius 2 is 2.06 bits per heavy atom. The van der Waals surface area contributed by atoms with Crippen molar-refractivity contribution in [2.24, 2.45) is 5.41 Å². The van der Waals surface area contributed by atoms with Gasteiger partial charge in [-0.3, -0.25) is 4.79 Å². The molecule has 0 unspecified atom stereocenters. The number of carbonyl (C=O) groups is 1. The molecule has 0 bridgehead atoms. The predicted octanol–water partition coefficient (Wildman–Crippen LogP) is 2.05. The van der Waals surface area contributed by atoms with Gasteiger partial charge in [-0.25, -0.2) is 0 Å². The van der Waals surface area contributed by atoms with E-state index in [1.807, 2.05) is 0 Å². The van der Waals surface area contributed by atoms with Crippen molar-refractivity contribution in [2.75, 3.05) is 7.11 Å². The molecule has 16 heavy (non-hydrogen) atoms. The highest BCUT2D eigenvalue weighted by Crippen LogP contribution is 2.29. The zero-order valence-corrected chi connectivity index (χ0v) is 9.65. The normalized spacial score (nSPS) is 11.2. The molecule has 0 saturated carbocycles. The number of phenols is 1. The molecule has 0 amide bonds. The molecule has 0 aromatic heterocycles. The van der Waals surface area contributed by atoms with Crippen LogP contribution in [0.15, 0.2) is 18.2 Å². The number of phenolic OH excluding ortho intramolecular Hbond substituents is 1. The van der Waals surface area contributed by atoms with Gasteiger partial charge in [0.05, 0.1) is 12.5 Å². The number of aromatic hydroxyl groups is 1. The third-order valence-electron chi connectivity index (χ3n) is 2.47. The first-order valence-corrected chi connectivity index (χ1v) is 4.96. The highest BCUT2D eigenvalue weighted by atomic mass is 16.5. The SMILES string of the molecule is COc1ccc(CC(C)(C)C(=O)O)cc1O. The number of benzene rings is 1. The summed E-state index contributed by atoms with van der Waals surface area (Å²) in [4.78, 5) is 10.9. The van der Waals surface area contributed by atoms with Gasteiger partial charge in [-0.15, -0.1) is 0 Å². The minimum Gasteiger partial charge on any atom is -0.504 e. The average Bonchev–Trinajstić information content (AvgIpc) is 2.17. The summed E-state index contributed by atoms with van der Waals surface area (Å²) in [6.45, 7) is 3.30. The molecular formula is C12H16O4. The van der Waals surface area contributed by atoms with E-state index < -0.39 is 11.4 Å². The van der Waals surface area contributed by atoms with E-state index in [-0.39, 0.29) is 5.75 Å². The molecule has 4 heteroatoms. The van der Waals surface area contributed by atoms with Crippen molar-refractivity contribution >= 4 is 5.97 Å². The first kappa shape index (κ1) is 12.4. The first-order chi connectivity index (χ1) is 7.36. The van der Waals surface area contributed by atoms with Crippen LogP contribution in [-0.2, 0) is 11.2 Å². The second kappa shape index (κ2) is 4.43. The molecule has 88 valence electrons. The third-order valence-corrected chi connectivity index (χ3v) is 2.47. The molecule has 0 atom stereocenters. The summed E-state index contributed by atoms with van der Waals surface area (Å²) in [6.07, 6.45) is 0.361. The van der Waals surface area contributed by atoms with E-state index in [4.69, 9.17) is 9.84 Å². The van der Waals surface area contributed by atoms with Crippen molar-refractivity contribution in [1.29, 1.82) is 0 Å². The highest BCUT2D eigenvalue weighted by molar-refractivity contribution is 5.74. The number of hydrogen-bond donors (Lipinski definition) is 2. The lowest BCUT2D eigenvalue weighted by molar-refractivity contribution is -0.146. The van der Waals surface area contributed by atoms with Gasteiger partial charge in [-0.2, -0.15) is 0 Å². The molecule has 0 heterocycles. The Hall–Kier alpha value is -1.71. The number of aliphatic carboxylic acids is 1. The number of methoxy groups -OCH3 is 1. The minimum absolute atomic E-state index is 0.0289. The maximum atomic E-state index is 10.9. The van der Waals surface area contributed by atoms with Gasteiger partial charge in [0.1, 0.15) is 0 Å². The topological polar surface area (TPSA) is 66.8 Å². The summed E-state index contributed by atoms with van der Waals surface area (Å²) < 4.78 is 4.91. The lowest BCUT2D eigenvalue weighted by Crippen LogP contribution is -2.26. The largest absolute Gasteiger partial charge is 0.504 e. The van der Waals surface area contributed by atoms with Gasteiger partial charge in [0, 0.05) is 0 Å². The molecule has 0 saturated heterocycles. The Morgan fingerprint density at radius 3 is 2.50 bits per heavy atom. The fraction of sp³-hybridized carbons (Fsp3) is 0.417. The van der Waals surface area contributed by atoms with Crippen molar-refractivity contribution in [2.45, 2.75) is 20.3 Å². The Bertz CT molecular complexity index is 396. The van der Waals surface area contributed by atoms with Crippen LogP contribution in [-0.4, -0.2) is 23.3 Å². The van der Waals surface area contributed by atoms with E-state index in [9.17, 15) is 9.90 Å². The van der Waals surface area contributed by atoms with Crippen LogP contribution in [0.1, 0.15) is 19.4 Å². The van der Waals surface area contributed by atoms with Crippen LogP contribution in [0.2, 0.25) is 0 Å². The molecule has 0 aliphatic rings. The number of ether oxygens (including phenoxy) is 1. The fourth-order valence-corrected chi connectivity index (χ4v) is 1.43. The van der Waals surface area contributed by atoms with Crippen LogP contribution in [0, 0.1) is 5.41 Å². The lowest BCUT2D eigenvalue weighted by atomic mass is 9.86. The molecule has 4 nitrogen and oxygen atoms in total. The molecule has 0 aliphatic heterocycles. The Labute approximate surface area is 94.5 Å². The zero-order valence-electron chi connectivity index (χ0n) is 9.65. The Morgan fingerprint density at radius 1 is 1.44 bits per heavy atom. The van der Waals surface area contributed by atoms with Crippen molar-refractivity contribution < 1.29 is 19.7 Å². The number of hydrogen-bond acceptors (Lipinski definition) is 3. The highest BCUT2D eigenvalue weighted by Gasteiger charge is 2.27. The van der Waals surface area contributed by atoms with Crippen LogP contribution < -0.4 is 4.74 Å². The van der Waals surface area contributed by atoms with Crippen LogP contribution in [0.25, 0.3) is 0 Å². The molecule has 1 rings (SSSR count). The number of rotatable bonds is 4. The van der Waals surface area contributed by atoms with Crippen LogP contribution in [0.4, 0.5) is 0 Å². The second-order valence-electron chi connectivity index (χ2n) is 4.37. The standard InChI is InChI=1S/C12H16O4/c1-12(2,11(14)15)7-8-4-5-10(16-3)9(13)6-8/h4-6,13H,7H2,1-3H3,(H,14,15). The summed E-state index contributed by atoms with van der Waals surface area (Å²) >= 11 is 0. The van der Waals surface area contributed by atoms with Crippen molar-refractivity contribution in [1.82, 2.24) is 0 Å². The minimum atomic E-state index is -0.859. The summed E-state index contributed by atoms with van der Waals surface area (Å²) in [5.74, 6) is -0.444. The van der Waals surface area contributed by atoms with Gasteiger partial charge in [-0.1, -0.05) is 6.07 Å². The number of carboxylic acids is 1. The number of carboxylic acid groups (broad SMARTS) is 1. The fourth-order valence-electron chi connectivity index (χ4n) is 1.43. The van der Waals surface area contributed by atoms with Gasteiger partial charge in [0.25, 0.3) is 0 Å². The molecule has 2 N–H and O–H groups in total. The molecular weight excluding hydrogens is 208 g/mol. The summed E-state index contributed by atoms with van der Waals surface area (Å²) in [5, 5.41) is 18.5. The van der Waals surface area contributed by atoms with E-state index in [0.717, 1.165) is 5.56 Å². The molecule has 0 radical (unpaired) electrons. The average molecular weight is 224 g/mol. The molecule has 1 aromatic rings. The lowest BCUT2D eigenvalue weighted by Gasteiger charge is -2.19. The smallest absolute Gasteiger partial charge is 0.309 e. The van der Waals surface area contributed by atoms with Gasteiger partial charge < -0.3 is 14.9 Å². The van der Waals surface area contributed by atoms with Crippen molar-refractivity contribution in [3.05, 3.63) is 23.8 Å². The summed E-state index contributed by atoms with van der Waals surface area (Å²) in [7, 11) is 1.47. The molecule has 0 aliphatic carbocycles. The van der Waals surface area contributed by atoms with Crippen LogP contribution in [0.3, 0.4) is 0 Å². The second-order valence-corrected chi connectivity index (χ2v) is 4.37. The van der Waals surface area contributed by atoms with E-state index in [2.05, 4.69) is 0 Å². The van der Waals surface area contributed by atoms with E-state index in [1.165, 1.54) is 13.2 Å². The predicted molar refractivity (Wildman–Crippen MR) is 59.8 cm³/mol. The summed E-state index contributed by atoms with van der Waals surface area (Å²) in [5.41, 5.74) is -0.0770. The molecule has 0 fully saturated rings. The van der Waals surface area contributed by atoms with Crippen molar-refractivity contribution in [3.63, 3.8) is 0 Å². The van der Waals surface area contributed by atoms with E-state index >= 15 is 0 Å². The Balaban J connectivity index is 2.91. The zero-order chi connectivity index (χ0) is 12.3. The van der Waals surface area contributed by atoms with E-state index in [1.54, 1.807) is 26.0 Å². The van der Waals surface area contributed by atoms with Crippen LogP contribution in [0.5, 0.6) is 11.5 Å². The van der Waals surface area contributed by atoms with Gasteiger partial charge in [0.2, 0.25) is 0 Å². The monoisotopic (exact) mass is 224 g/mol. The maximum absolute atomic E-state index is 10.9. The maximum Gasteiger partial charge on any atom is 0.309 e. The van der Waals surface area contributed by atoms with E-state index in [0.29, 0.717) is 12.2 Å². The molecule has 1 aromatic carbocycles. The van der Waals surface area contributed by atoms with Gasteiger partial charge in [0.15, 0.2) is 11.5 Å². The van der Waals surface area contributed by atoms with Gasteiger partial charge in [-0.05, 0) is 38.0 Å². The van der Waals surface area contributed by atoms with Crippen molar-refractivity contribution in [3.8, 4) is 11.5 Å².